The standard InChI is InChI=1S/C26H28BrN3O5S/c1-17(2)16-35-22-8-3-18(13-21(22)27)14-23-25(32)30(26(33)36-23)15-24(31)28-19-4-6-20(7-5-19)29-9-11-34-12-10-29/h3-8,13-14,17H,9-12,15-16H2,1-2H3,(H,28,31)/b23-14+. The van der Waals surface area contributed by atoms with E-state index in [1.807, 2.05) is 42.5 Å². The average Bonchev–Trinajstić information content (AvgIpc) is 3.11. The number of ether oxygens (including phenoxy) is 2. The van der Waals surface area contributed by atoms with Crippen molar-refractivity contribution in [3.8, 4) is 5.75 Å². The summed E-state index contributed by atoms with van der Waals surface area (Å²) in [6.07, 6.45) is 1.64. The van der Waals surface area contributed by atoms with Crippen LogP contribution in [0.25, 0.3) is 6.08 Å². The summed E-state index contributed by atoms with van der Waals surface area (Å²) in [7, 11) is 0. The lowest BCUT2D eigenvalue weighted by atomic mass is 10.2. The SMILES string of the molecule is CC(C)COc1ccc(/C=C2/SC(=O)N(CC(=O)Nc3ccc(N4CCOCC4)cc3)C2=O)cc1Br. The van der Waals surface area contributed by atoms with Crippen molar-refractivity contribution >= 4 is 62.2 Å². The first-order chi connectivity index (χ1) is 17.3. The van der Waals surface area contributed by atoms with Crippen LogP contribution in [-0.4, -0.2) is 61.4 Å². The highest BCUT2D eigenvalue weighted by atomic mass is 79.9. The summed E-state index contributed by atoms with van der Waals surface area (Å²) in [6, 6.07) is 13.0. The second kappa shape index (κ2) is 11.9. The normalized spacial score (nSPS) is 17.3. The van der Waals surface area contributed by atoms with Gasteiger partial charge in [0.1, 0.15) is 12.3 Å². The van der Waals surface area contributed by atoms with Crippen LogP contribution in [0.5, 0.6) is 5.75 Å². The van der Waals surface area contributed by atoms with E-state index in [0.29, 0.717) is 37.2 Å². The Bertz CT molecular complexity index is 1160. The van der Waals surface area contributed by atoms with Gasteiger partial charge >= 0.3 is 0 Å². The number of carbonyl (C=O) groups is 3. The Morgan fingerprint density at radius 2 is 1.89 bits per heavy atom. The van der Waals surface area contributed by atoms with Gasteiger partial charge in [-0.2, -0.15) is 0 Å². The minimum Gasteiger partial charge on any atom is -0.492 e. The first-order valence-electron chi connectivity index (χ1n) is 11.7. The van der Waals surface area contributed by atoms with Crippen molar-refractivity contribution in [1.82, 2.24) is 4.90 Å². The van der Waals surface area contributed by atoms with Crippen molar-refractivity contribution < 1.29 is 23.9 Å². The molecule has 2 aliphatic rings. The number of anilines is 2. The fraction of sp³-hybridized carbons (Fsp3) is 0.346. The van der Waals surface area contributed by atoms with Gasteiger partial charge in [-0.3, -0.25) is 19.3 Å². The summed E-state index contributed by atoms with van der Waals surface area (Å²) >= 11 is 4.32. The zero-order valence-electron chi connectivity index (χ0n) is 20.2. The topological polar surface area (TPSA) is 88.2 Å². The van der Waals surface area contributed by atoms with E-state index >= 15 is 0 Å². The number of rotatable bonds is 8. The van der Waals surface area contributed by atoms with E-state index in [-0.39, 0.29) is 11.4 Å². The predicted molar refractivity (Wildman–Crippen MR) is 145 cm³/mol. The van der Waals surface area contributed by atoms with Crippen LogP contribution < -0.4 is 15.0 Å². The second-order valence-corrected chi connectivity index (χ2v) is 10.7. The molecule has 0 unspecified atom stereocenters. The molecule has 2 aromatic carbocycles. The van der Waals surface area contributed by atoms with Crippen molar-refractivity contribution in [2.24, 2.45) is 5.92 Å². The zero-order valence-corrected chi connectivity index (χ0v) is 22.6. The maximum atomic E-state index is 12.8. The largest absolute Gasteiger partial charge is 0.492 e. The Morgan fingerprint density at radius 3 is 2.56 bits per heavy atom. The number of carbonyl (C=O) groups excluding carboxylic acids is 3. The van der Waals surface area contributed by atoms with Gasteiger partial charge in [-0.15, -0.1) is 0 Å². The van der Waals surface area contributed by atoms with E-state index in [9.17, 15) is 14.4 Å². The second-order valence-electron chi connectivity index (χ2n) is 8.86. The predicted octanol–water partition coefficient (Wildman–Crippen LogP) is 5.00. The van der Waals surface area contributed by atoms with Gasteiger partial charge in [-0.05, 0) is 81.6 Å². The maximum Gasteiger partial charge on any atom is 0.294 e. The lowest BCUT2D eigenvalue weighted by molar-refractivity contribution is -0.127. The molecule has 2 fully saturated rings. The molecule has 2 saturated heterocycles. The first kappa shape index (κ1) is 26.2. The molecular formula is C26H28BrN3O5S. The Labute approximate surface area is 223 Å². The molecule has 2 heterocycles. The monoisotopic (exact) mass is 573 g/mol. The summed E-state index contributed by atoms with van der Waals surface area (Å²) in [5, 5.41) is 2.29. The van der Waals surface area contributed by atoms with Gasteiger partial charge in [0.15, 0.2) is 0 Å². The summed E-state index contributed by atoms with van der Waals surface area (Å²) in [5.74, 6) is 0.185. The molecule has 1 N–H and O–H groups in total. The highest BCUT2D eigenvalue weighted by Gasteiger charge is 2.36. The van der Waals surface area contributed by atoms with Crippen LogP contribution in [0.4, 0.5) is 16.2 Å². The van der Waals surface area contributed by atoms with E-state index in [2.05, 4.69) is 40.0 Å². The smallest absolute Gasteiger partial charge is 0.294 e. The fourth-order valence-corrected chi connectivity index (χ4v) is 5.04. The zero-order chi connectivity index (χ0) is 25.7. The fourth-order valence-electron chi connectivity index (χ4n) is 3.69. The van der Waals surface area contributed by atoms with Crippen LogP contribution in [0.1, 0.15) is 19.4 Å². The number of halogens is 1. The van der Waals surface area contributed by atoms with Gasteiger partial charge in [0.25, 0.3) is 11.1 Å². The Balaban J connectivity index is 1.35. The Hall–Kier alpha value is -2.82. The van der Waals surface area contributed by atoms with Gasteiger partial charge in [0.2, 0.25) is 5.91 Å². The van der Waals surface area contributed by atoms with E-state index in [0.717, 1.165) is 45.5 Å². The summed E-state index contributed by atoms with van der Waals surface area (Å²) in [5.41, 5.74) is 2.40. The minimum absolute atomic E-state index is 0.269. The number of thioether (sulfide) groups is 1. The molecule has 0 spiro atoms. The minimum atomic E-state index is -0.487. The quantitative estimate of drug-likeness (QED) is 0.445. The van der Waals surface area contributed by atoms with Crippen LogP contribution in [0.3, 0.4) is 0 Å². The molecule has 2 aliphatic heterocycles. The summed E-state index contributed by atoms with van der Waals surface area (Å²) in [6.45, 7) is 7.43. The van der Waals surface area contributed by atoms with Crippen molar-refractivity contribution in [3.05, 3.63) is 57.4 Å². The van der Waals surface area contributed by atoms with E-state index < -0.39 is 17.1 Å². The number of nitrogens with zero attached hydrogens (tertiary/aromatic N) is 2. The van der Waals surface area contributed by atoms with Crippen LogP contribution >= 0.6 is 27.7 Å². The highest BCUT2D eigenvalue weighted by molar-refractivity contribution is 9.10. The first-order valence-corrected chi connectivity index (χ1v) is 13.3. The lowest BCUT2D eigenvalue weighted by Gasteiger charge is -2.28. The Morgan fingerprint density at radius 1 is 1.17 bits per heavy atom. The molecule has 3 amide bonds. The number of benzene rings is 2. The number of imide groups is 1. The van der Waals surface area contributed by atoms with E-state index in [1.54, 1.807) is 6.08 Å². The molecular weight excluding hydrogens is 546 g/mol. The number of nitrogens with one attached hydrogen (secondary N) is 1. The molecule has 0 aliphatic carbocycles. The van der Waals surface area contributed by atoms with Gasteiger partial charge in [0, 0.05) is 24.5 Å². The molecule has 2 aromatic rings. The van der Waals surface area contributed by atoms with Gasteiger partial charge in [-0.1, -0.05) is 19.9 Å². The molecule has 4 rings (SSSR count). The molecule has 36 heavy (non-hydrogen) atoms. The van der Waals surface area contributed by atoms with Gasteiger partial charge in [-0.25, -0.2) is 0 Å². The van der Waals surface area contributed by atoms with Crippen LogP contribution in [0.2, 0.25) is 0 Å². The molecule has 0 aromatic heterocycles. The molecule has 8 nitrogen and oxygen atoms in total. The molecule has 190 valence electrons. The van der Waals surface area contributed by atoms with Crippen LogP contribution in [-0.2, 0) is 14.3 Å². The van der Waals surface area contributed by atoms with E-state index in [1.165, 1.54) is 0 Å². The third-order valence-electron chi connectivity index (χ3n) is 5.53. The Kier molecular flexibility index (Phi) is 8.71. The number of hydrogen-bond donors (Lipinski definition) is 1. The summed E-state index contributed by atoms with van der Waals surface area (Å²) < 4.78 is 11.9. The molecule has 0 bridgehead atoms. The van der Waals surface area contributed by atoms with Crippen molar-refractivity contribution in [2.45, 2.75) is 13.8 Å². The number of morpholine rings is 1. The highest BCUT2D eigenvalue weighted by Crippen LogP contribution is 2.34. The third kappa shape index (κ3) is 6.68. The van der Waals surface area contributed by atoms with Crippen LogP contribution in [0.15, 0.2) is 51.8 Å². The van der Waals surface area contributed by atoms with Crippen molar-refractivity contribution in [2.75, 3.05) is 49.7 Å². The lowest BCUT2D eigenvalue weighted by Crippen LogP contribution is -2.36. The molecule has 0 radical (unpaired) electrons. The maximum absolute atomic E-state index is 12.8. The number of hydrogen-bond acceptors (Lipinski definition) is 7. The summed E-state index contributed by atoms with van der Waals surface area (Å²) in [4.78, 5) is 41.3. The molecule has 0 atom stereocenters. The van der Waals surface area contributed by atoms with Crippen molar-refractivity contribution in [1.29, 1.82) is 0 Å². The number of amides is 3. The molecule has 0 saturated carbocycles. The van der Waals surface area contributed by atoms with E-state index in [4.69, 9.17) is 9.47 Å². The van der Waals surface area contributed by atoms with Gasteiger partial charge < -0.3 is 19.7 Å². The van der Waals surface area contributed by atoms with Crippen LogP contribution in [0, 0.1) is 5.92 Å². The van der Waals surface area contributed by atoms with Gasteiger partial charge in [0.05, 0.1) is 29.2 Å². The average molecular weight is 574 g/mol. The molecule has 10 heteroatoms. The van der Waals surface area contributed by atoms with Crippen molar-refractivity contribution in [3.63, 3.8) is 0 Å². The third-order valence-corrected chi connectivity index (χ3v) is 7.06.